The molecule has 0 saturated heterocycles. The number of hydrogen-bond donors (Lipinski definition) is 2. The Kier molecular flexibility index (Phi) is 15.7. The maximum Gasteiger partial charge on any atom is 0.348 e. The Balaban J connectivity index is 3.77. The van der Waals surface area contributed by atoms with Crippen molar-refractivity contribution in [2.45, 2.75) is 102 Å². The van der Waals surface area contributed by atoms with Crippen LogP contribution in [-0.2, 0) is 23.9 Å². The van der Waals surface area contributed by atoms with Gasteiger partial charge in [-0.3, -0.25) is 9.59 Å². The van der Waals surface area contributed by atoms with E-state index < -0.39 is 36.2 Å². The zero-order valence-electron chi connectivity index (χ0n) is 16.7. The minimum atomic E-state index is -1.99. The van der Waals surface area contributed by atoms with Crippen LogP contribution in [0.5, 0.6) is 0 Å². The Bertz CT molecular complexity index is 467. The fourth-order valence-corrected chi connectivity index (χ4v) is 2.72. The highest BCUT2D eigenvalue weighted by Crippen LogP contribution is 2.14. The Labute approximate surface area is 169 Å². The molecule has 0 aromatic carbocycles. The molecular formula is C20H32F2O7. The first-order valence-electron chi connectivity index (χ1n) is 10.2. The largest absolute Gasteiger partial charge is 0.481 e. The summed E-state index contributed by atoms with van der Waals surface area (Å²) in [5, 5.41) is 17.0. The van der Waals surface area contributed by atoms with Gasteiger partial charge in [-0.15, -0.1) is 0 Å². The van der Waals surface area contributed by atoms with Crippen molar-refractivity contribution in [3.63, 3.8) is 0 Å². The summed E-state index contributed by atoms with van der Waals surface area (Å²) in [7, 11) is 0. The smallest absolute Gasteiger partial charge is 0.348 e. The molecule has 168 valence electrons. The zero-order valence-corrected chi connectivity index (χ0v) is 16.7. The average molecular weight is 422 g/mol. The number of esters is 2. The lowest BCUT2D eigenvalue weighted by Crippen LogP contribution is -2.27. The Morgan fingerprint density at radius 3 is 1.24 bits per heavy atom. The molecule has 0 bridgehead atoms. The monoisotopic (exact) mass is 422 g/mol. The number of halogens is 2. The van der Waals surface area contributed by atoms with E-state index in [2.05, 4.69) is 4.74 Å². The van der Waals surface area contributed by atoms with Crippen LogP contribution in [0, 0.1) is 0 Å². The molecule has 0 fully saturated rings. The third kappa shape index (κ3) is 16.6. The second kappa shape index (κ2) is 16.9. The van der Waals surface area contributed by atoms with Crippen LogP contribution in [0.15, 0.2) is 0 Å². The van der Waals surface area contributed by atoms with Gasteiger partial charge in [-0.05, 0) is 38.5 Å². The second-order valence-corrected chi connectivity index (χ2v) is 7.08. The molecule has 2 atom stereocenters. The van der Waals surface area contributed by atoms with Crippen LogP contribution in [0.25, 0.3) is 0 Å². The molecular weight excluding hydrogens is 390 g/mol. The van der Waals surface area contributed by atoms with Crippen molar-refractivity contribution < 1.29 is 42.9 Å². The molecule has 0 aliphatic carbocycles. The molecule has 0 aliphatic heterocycles. The predicted molar refractivity (Wildman–Crippen MR) is 101 cm³/mol. The highest BCUT2D eigenvalue weighted by molar-refractivity contribution is 5.89. The molecule has 29 heavy (non-hydrogen) atoms. The number of ether oxygens (including phenoxy) is 1. The number of aliphatic carboxylic acids is 2. The van der Waals surface area contributed by atoms with Gasteiger partial charge < -0.3 is 14.9 Å². The van der Waals surface area contributed by atoms with E-state index in [9.17, 15) is 28.0 Å². The normalized spacial score (nSPS) is 12.9. The Hall–Kier alpha value is -2.06. The van der Waals surface area contributed by atoms with Gasteiger partial charge in [0.25, 0.3) is 0 Å². The lowest BCUT2D eigenvalue weighted by Gasteiger charge is -2.10. The van der Waals surface area contributed by atoms with Crippen LogP contribution in [-0.4, -0.2) is 46.4 Å². The maximum atomic E-state index is 13.7. The van der Waals surface area contributed by atoms with E-state index in [0.717, 1.165) is 12.8 Å². The lowest BCUT2D eigenvalue weighted by molar-refractivity contribution is -0.167. The molecule has 0 aliphatic rings. The second-order valence-electron chi connectivity index (χ2n) is 7.08. The summed E-state index contributed by atoms with van der Waals surface area (Å²) in [5.41, 5.74) is 0. The summed E-state index contributed by atoms with van der Waals surface area (Å²) < 4.78 is 31.7. The minimum Gasteiger partial charge on any atom is -0.481 e. The van der Waals surface area contributed by atoms with E-state index in [-0.39, 0.29) is 25.7 Å². The molecule has 0 aromatic heterocycles. The van der Waals surface area contributed by atoms with Gasteiger partial charge in [0.2, 0.25) is 0 Å². The average Bonchev–Trinajstić information content (AvgIpc) is 2.65. The Morgan fingerprint density at radius 2 is 0.897 bits per heavy atom. The first-order valence-corrected chi connectivity index (χ1v) is 10.2. The fourth-order valence-electron chi connectivity index (χ4n) is 2.72. The number of hydrogen-bond acceptors (Lipinski definition) is 5. The third-order valence-electron chi connectivity index (χ3n) is 4.41. The fraction of sp³-hybridized carbons (Fsp3) is 0.800. The first-order chi connectivity index (χ1) is 13.7. The topological polar surface area (TPSA) is 118 Å². The number of alkyl halides is 2. The molecule has 0 saturated carbocycles. The van der Waals surface area contributed by atoms with Gasteiger partial charge >= 0.3 is 23.9 Å². The van der Waals surface area contributed by atoms with Crippen LogP contribution in [0.1, 0.15) is 89.9 Å². The highest BCUT2D eigenvalue weighted by Gasteiger charge is 2.26. The zero-order chi connectivity index (χ0) is 22.1. The van der Waals surface area contributed by atoms with Crippen LogP contribution >= 0.6 is 0 Å². The van der Waals surface area contributed by atoms with Crippen LogP contribution in [0.3, 0.4) is 0 Å². The third-order valence-corrected chi connectivity index (χ3v) is 4.41. The van der Waals surface area contributed by atoms with E-state index in [1.807, 2.05) is 0 Å². The molecule has 0 amide bonds. The highest BCUT2D eigenvalue weighted by atomic mass is 19.1. The van der Waals surface area contributed by atoms with E-state index in [0.29, 0.717) is 51.4 Å². The van der Waals surface area contributed by atoms with Gasteiger partial charge in [-0.25, -0.2) is 18.4 Å². The lowest BCUT2D eigenvalue weighted by atomic mass is 10.1. The molecule has 0 spiro atoms. The van der Waals surface area contributed by atoms with Crippen molar-refractivity contribution in [2.24, 2.45) is 0 Å². The number of rotatable bonds is 18. The summed E-state index contributed by atoms with van der Waals surface area (Å²) in [5.74, 6) is -4.47. The predicted octanol–water partition coefficient (Wildman–Crippen LogP) is 4.36. The molecule has 7 nitrogen and oxygen atoms in total. The summed E-state index contributed by atoms with van der Waals surface area (Å²) in [6.07, 6.45) is 1.92. The van der Waals surface area contributed by atoms with Crippen molar-refractivity contribution >= 4 is 23.9 Å². The number of unbranched alkanes of at least 4 members (excludes halogenated alkanes) is 8. The quantitative estimate of drug-likeness (QED) is 0.191. The maximum absolute atomic E-state index is 13.7. The summed E-state index contributed by atoms with van der Waals surface area (Å²) in [6, 6.07) is 0. The van der Waals surface area contributed by atoms with E-state index >= 15 is 0 Å². The summed E-state index contributed by atoms with van der Waals surface area (Å²) >= 11 is 0. The molecule has 9 heteroatoms. The van der Waals surface area contributed by atoms with Gasteiger partial charge in [0.15, 0.2) is 12.3 Å². The first kappa shape index (κ1) is 26.9. The number of carboxylic acids is 2. The van der Waals surface area contributed by atoms with Crippen molar-refractivity contribution in [3.8, 4) is 0 Å². The van der Waals surface area contributed by atoms with Gasteiger partial charge in [0, 0.05) is 12.8 Å². The number of carbonyl (C=O) groups is 4. The van der Waals surface area contributed by atoms with Crippen molar-refractivity contribution in [3.05, 3.63) is 0 Å². The van der Waals surface area contributed by atoms with Gasteiger partial charge in [-0.1, -0.05) is 38.5 Å². The standard InChI is InChI=1S/C20H32F2O7/c21-15(11-7-3-1-5-9-13-17(23)24)19(27)29-20(28)16(22)12-8-4-2-6-10-14-18(25)26/h15-16H,1-14H2,(H,23,24)(H,25,26). The van der Waals surface area contributed by atoms with Gasteiger partial charge in [-0.2, -0.15) is 0 Å². The Morgan fingerprint density at radius 1 is 0.586 bits per heavy atom. The molecule has 2 N–H and O–H groups in total. The van der Waals surface area contributed by atoms with E-state index in [1.54, 1.807) is 0 Å². The van der Waals surface area contributed by atoms with Crippen molar-refractivity contribution in [1.82, 2.24) is 0 Å². The number of carbonyl (C=O) groups excluding carboxylic acids is 2. The summed E-state index contributed by atoms with van der Waals surface area (Å²) in [4.78, 5) is 43.7. The van der Waals surface area contributed by atoms with Gasteiger partial charge in [0.1, 0.15) is 0 Å². The molecule has 0 aromatic rings. The molecule has 0 rings (SSSR count). The van der Waals surface area contributed by atoms with Gasteiger partial charge in [0.05, 0.1) is 0 Å². The van der Waals surface area contributed by atoms with E-state index in [1.165, 1.54) is 0 Å². The number of carboxylic acid groups (broad SMARTS) is 2. The van der Waals surface area contributed by atoms with E-state index in [4.69, 9.17) is 10.2 Å². The SMILES string of the molecule is O=C(O)CCCCCCCC(F)C(=O)OC(=O)C(F)CCCCCCCC(=O)O. The molecule has 0 radical (unpaired) electrons. The van der Waals surface area contributed by atoms with Crippen LogP contribution < -0.4 is 0 Å². The minimum absolute atomic E-state index is 0.0926. The van der Waals surface area contributed by atoms with Crippen LogP contribution in [0.4, 0.5) is 8.78 Å². The van der Waals surface area contributed by atoms with Crippen molar-refractivity contribution in [1.29, 1.82) is 0 Å². The van der Waals surface area contributed by atoms with Crippen molar-refractivity contribution in [2.75, 3.05) is 0 Å². The van der Waals surface area contributed by atoms with Crippen LogP contribution in [0.2, 0.25) is 0 Å². The molecule has 0 heterocycles. The molecule has 2 unspecified atom stereocenters. The summed E-state index contributed by atoms with van der Waals surface area (Å²) in [6.45, 7) is 0.